The number of hydrogen-bond donors (Lipinski definition) is 0. The molecule has 0 atom stereocenters. The summed E-state index contributed by atoms with van der Waals surface area (Å²) in [5, 5.41) is 0. The number of hydrogen-bond acceptors (Lipinski definition) is 2. The molecule has 0 spiro atoms. The molecule has 2 aromatic rings. The van der Waals surface area contributed by atoms with E-state index in [1.807, 2.05) is 44.2 Å². The molecular formula is C15H14O2. The normalized spacial score (nSPS) is 15.9. The van der Waals surface area contributed by atoms with Crippen molar-refractivity contribution < 1.29 is 9.47 Å². The summed E-state index contributed by atoms with van der Waals surface area (Å²) >= 11 is 0. The first-order valence-corrected chi connectivity index (χ1v) is 5.72. The van der Waals surface area contributed by atoms with Crippen LogP contribution in [-0.4, -0.2) is 5.79 Å². The van der Waals surface area contributed by atoms with Crippen LogP contribution in [0, 0.1) is 0 Å². The van der Waals surface area contributed by atoms with Crippen LogP contribution in [-0.2, 0) is 0 Å². The fourth-order valence-corrected chi connectivity index (χ4v) is 2.03. The Kier molecular flexibility index (Phi) is 2.11. The van der Waals surface area contributed by atoms with Crippen LogP contribution >= 0.6 is 0 Å². The van der Waals surface area contributed by atoms with Crippen molar-refractivity contribution in [2.75, 3.05) is 0 Å². The topological polar surface area (TPSA) is 18.5 Å². The molecule has 0 saturated carbocycles. The van der Waals surface area contributed by atoms with E-state index in [1.54, 1.807) is 0 Å². The summed E-state index contributed by atoms with van der Waals surface area (Å²) in [6.45, 7) is 3.82. The maximum absolute atomic E-state index is 5.73. The van der Waals surface area contributed by atoms with Gasteiger partial charge in [-0.15, -0.1) is 0 Å². The molecule has 0 unspecified atom stereocenters. The van der Waals surface area contributed by atoms with Crippen LogP contribution in [0.5, 0.6) is 11.5 Å². The van der Waals surface area contributed by atoms with E-state index >= 15 is 0 Å². The second-order valence-corrected chi connectivity index (χ2v) is 4.63. The molecule has 0 aliphatic carbocycles. The Balaban J connectivity index is 2.02. The smallest absolute Gasteiger partial charge is 0.246 e. The van der Waals surface area contributed by atoms with Gasteiger partial charge in [0.15, 0.2) is 11.5 Å². The highest BCUT2D eigenvalue weighted by molar-refractivity contribution is 5.67. The van der Waals surface area contributed by atoms with Gasteiger partial charge in [-0.1, -0.05) is 36.4 Å². The maximum Gasteiger partial charge on any atom is 0.246 e. The van der Waals surface area contributed by atoms with Crippen molar-refractivity contribution in [1.29, 1.82) is 0 Å². The molecule has 86 valence electrons. The van der Waals surface area contributed by atoms with Crippen molar-refractivity contribution in [2.45, 2.75) is 19.6 Å². The number of fused-ring (bicyclic) bond motifs is 1. The van der Waals surface area contributed by atoms with E-state index in [1.165, 1.54) is 5.56 Å². The van der Waals surface area contributed by atoms with Crippen LogP contribution in [0.1, 0.15) is 13.8 Å². The minimum Gasteiger partial charge on any atom is -0.449 e. The molecule has 0 aromatic heterocycles. The monoisotopic (exact) mass is 226 g/mol. The lowest BCUT2D eigenvalue weighted by Gasteiger charge is -2.16. The minimum atomic E-state index is -0.558. The van der Waals surface area contributed by atoms with E-state index in [-0.39, 0.29) is 0 Å². The van der Waals surface area contributed by atoms with Gasteiger partial charge in [-0.3, -0.25) is 0 Å². The van der Waals surface area contributed by atoms with Crippen LogP contribution in [0.25, 0.3) is 11.1 Å². The number of benzene rings is 2. The average Bonchev–Trinajstić information content (AvgIpc) is 2.63. The Hall–Kier alpha value is -1.96. The molecule has 17 heavy (non-hydrogen) atoms. The molecule has 0 saturated heterocycles. The third-order valence-electron chi connectivity index (χ3n) is 2.76. The molecule has 2 aromatic carbocycles. The zero-order chi connectivity index (χ0) is 11.9. The van der Waals surface area contributed by atoms with Gasteiger partial charge in [-0.2, -0.15) is 0 Å². The molecule has 3 rings (SSSR count). The molecular weight excluding hydrogens is 212 g/mol. The third kappa shape index (κ3) is 1.86. The lowest BCUT2D eigenvalue weighted by molar-refractivity contribution is -0.0431. The molecule has 2 heteroatoms. The molecule has 1 heterocycles. The summed E-state index contributed by atoms with van der Waals surface area (Å²) < 4.78 is 11.4. The van der Waals surface area contributed by atoms with Gasteiger partial charge in [0.05, 0.1) is 0 Å². The summed E-state index contributed by atoms with van der Waals surface area (Å²) in [5.74, 6) is 1.07. The molecule has 0 radical (unpaired) electrons. The Labute approximate surface area is 101 Å². The van der Waals surface area contributed by atoms with E-state index in [0.29, 0.717) is 0 Å². The van der Waals surface area contributed by atoms with E-state index in [4.69, 9.17) is 9.47 Å². The van der Waals surface area contributed by atoms with Gasteiger partial charge in [-0.25, -0.2) is 0 Å². The maximum atomic E-state index is 5.73. The third-order valence-corrected chi connectivity index (χ3v) is 2.76. The van der Waals surface area contributed by atoms with Gasteiger partial charge in [0, 0.05) is 13.8 Å². The number of rotatable bonds is 1. The van der Waals surface area contributed by atoms with Crippen LogP contribution in [0.15, 0.2) is 48.5 Å². The summed E-state index contributed by atoms with van der Waals surface area (Å²) in [6.07, 6.45) is 0. The van der Waals surface area contributed by atoms with E-state index in [9.17, 15) is 0 Å². The standard InChI is InChI=1S/C15H14O2/c1-15(2)16-13-9-8-12(10-14(13)17-15)11-6-4-3-5-7-11/h3-10H,1-2H3. The Morgan fingerprint density at radius 2 is 1.47 bits per heavy atom. The summed E-state index contributed by atoms with van der Waals surface area (Å²) in [4.78, 5) is 0. The first kappa shape index (κ1) is 10.2. The summed E-state index contributed by atoms with van der Waals surface area (Å²) in [5.41, 5.74) is 2.33. The largest absolute Gasteiger partial charge is 0.449 e. The van der Waals surface area contributed by atoms with Gasteiger partial charge in [0.25, 0.3) is 0 Å². The Morgan fingerprint density at radius 3 is 2.24 bits per heavy atom. The van der Waals surface area contributed by atoms with Crippen molar-refractivity contribution in [3.63, 3.8) is 0 Å². The highest BCUT2D eigenvalue weighted by Crippen LogP contribution is 2.41. The summed E-state index contributed by atoms with van der Waals surface area (Å²) in [6, 6.07) is 16.3. The first-order valence-electron chi connectivity index (χ1n) is 5.72. The van der Waals surface area contributed by atoms with E-state index < -0.39 is 5.79 Å². The lowest BCUT2D eigenvalue weighted by Crippen LogP contribution is -2.29. The molecule has 0 N–H and O–H groups in total. The van der Waals surface area contributed by atoms with E-state index in [2.05, 4.69) is 18.2 Å². The van der Waals surface area contributed by atoms with Crippen LogP contribution in [0.3, 0.4) is 0 Å². The molecule has 0 fully saturated rings. The van der Waals surface area contributed by atoms with Crippen molar-refractivity contribution in [2.24, 2.45) is 0 Å². The van der Waals surface area contributed by atoms with Crippen molar-refractivity contribution in [3.05, 3.63) is 48.5 Å². The van der Waals surface area contributed by atoms with Crippen LogP contribution in [0.4, 0.5) is 0 Å². The fourth-order valence-electron chi connectivity index (χ4n) is 2.03. The second-order valence-electron chi connectivity index (χ2n) is 4.63. The van der Waals surface area contributed by atoms with Gasteiger partial charge in [-0.05, 0) is 23.3 Å². The first-order chi connectivity index (χ1) is 8.14. The van der Waals surface area contributed by atoms with Crippen molar-refractivity contribution in [1.82, 2.24) is 0 Å². The predicted molar refractivity (Wildman–Crippen MR) is 67.2 cm³/mol. The summed E-state index contributed by atoms with van der Waals surface area (Å²) in [7, 11) is 0. The zero-order valence-electron chi connectivity index (χ0n) is 9.94. The lowest BCUT2D eigenvalue weighted by atomic mass is 10.1. The minimum absolute atomic E-state index is 0.558. The molecule has 2 nitrogen and oxygen atoms in total. The Bertz CT molecular complexity index is 544. The molecule has 0 bridgehead atoms. The zero-order valence-corrected chi connectivity index (χ0v) is 9.94. The van der Waals surface area contributed by atoms with Crippen molar-refractivity contribution >= 4 is 0 Å². The van der Waals surface area contributed by atoms with Crippen molar-refractivity contribution in [3.8, 4) is 22.6 Å². The quantitative estimate of drug-likeness (QED) is 0.735. The molecule has 1 aliphatic heterocycles. The fraction of sp³-hybridized carbons (Fsp3) is 0.200. The average molecular weight is 226 g/mol. The molecule has 0 amide bonds. The second kappa shape index (κ2) is 3.52. The molecule has 1 aliphatic rings. The van der Waals surface area contributed by atoms with Crippen LogP contribution in [0.2, 0.25) is 0 Å². The van der Waals surface area contributed by atoms with Crippen LogP contribution < -0.4 is 9.47 Å². The van der Waals surface area contributed by atoms with Gasteiger partial charge in [0.1, 0.15) is 0 Å². The van der Waals surface area contributed by atoms with Gasteiger partial charge < -0.3 is 9.47 Å². The van der Waals surface area contributed by atoms with Gasteiger partial charge in [0.2, 0.25) is 5.79 Å². The Morgan fingerprint density at radius 1 is 0.765 bits per heavy atom. The SMILES string of the molecule is CC1(C)Oc2ccc(-c3ccccc3)cc2O1. The number of ether oxygens (including phenoxy) is 2. The highest BCUT2D eigenvalue weighted by Gasteiger charge is 2.31. The van der Waals surface area contributed by atoms with Gasteiger partial charge >= 0.3 is 0 Å². The highest BCUT2D eigenvalue weighted by atomic mass is 16.7. The predicted octanol–water partition coefficient (Wildman–Crippen LogP) is 3.86. The van der Waals surface area contributed by atoms with E-state index in [0.717, 1.165) is 17.1 Å².